The first-order valence-corrected chi connectivity index (χ1v) is 8.63. The number of hydrogen-bond acceptors (Lipinski definition) is 4. The van der Waals surface area contributed by atoms with Gasteiger partial charge in [-0.15, -0.1) is 0 Å². The minimum atomic E-state index is -0.0578. The fourth-order valence-corrected chi connectivity index (χ4v) is 3.31. The van der Waals surface area contributed by atoms with Crippen molar-refractivity contribution in [3.05, 3.63) is 29.5 Å². The average molecular weight is 330 g/mol. The second-order valence-electron chi connectivity index (χ2n) is 6.46. The van der Waals surface area contributed by atoms with E-state index in [0.717, 1.165) is 36.1 Å². The molecule has 24 heavy (non-hydrogen) atoms. The number of methoxy groups -OCH3 is 1. The van der Waals surface area contributed by atoms with Crippen LogP contribution in [0.1, 0.15) is 28.8 Å². The van der Waals surface area contributed by atoms with E-state index < -0.39 is 0 Å². The van der Waals surface area contributed by atoms with E-state index in [1.165, 1.54) is 12.8 Å². The van der Waals surface area contributed by atoms with Crippen LogP contribution in [0, 0.1) is 12.8 Å². The number of rotatable bonds is 6. The van der Waals surface area contributed by atoms with Gasteiger partial charge in [-0.1, -0.05) is 0 Å². The summed E-state index contributed by atoms with van der Waals surface area (Å²) >= 11 is 0. The van der Waals surface area contributed by atoms with Crippen LogP contribution in [0.5, 0.6) is 0 Å². The third kappa shape index (κ3) is 3.76. The Balaban J connectivity index is 1.76. The van der Waals surface area contributed by atoms with Gasteiger partial charge in [-0.25, -0.2) is 0 Å². The lowest BCUT2D eigenvalue weighted by Crippen LogP contribution is -2.29. The largest absolute Gasteiger partial charge is 0.383 e. The molecule has 0 atom stereocenters. The number of benzene rings is 1. The zero-order valence-electron chi connectivity index (χ0n) is 14.5. The first-order valence-electron chi connectivity index (χ1n) is 8.63. The van der Waals surface area contributed by atoms with E-state index >= 15 is 0 Å². The van der Waals surface area contributed by atoms with Crippen LogP contribution in [0.15, 0.2) is 18.3 Å². The number of ether oxygens (including phenoxy) is 1. The maximum Gasteiger partial charge on any atom is 0.251 e. The molecule has 2 aromatic rings. The van der Waals surface area contributed by atoms with Gasteiger partial charge in [0.2, 0.25) is 0 Å². The molecular formula is C18H26N4O2. The molecule has 3 rings (SSSR count). The number of fused-ring (bicyclic) bond motifs is 1. The standard InChI is InChI=1S/C18H26N4O2/c1-13-15(18(23)20-9-10-24-2)3-4-17-16(13)12-22(21-17)11-14-5-7-19-8-6-14/h3-4,12,14,19H,5-11H2,1-2H3,(H,20,23). The van der Waals surface area contributed by atoms with Crippen LogP contribution in [0.25, 0.3) is 10.9 Å². The lowest BCUT2D eigenvalue weighted by molar-refractivity contribution is 0.0936. The summed E-state index contributed by atoms with van der Waals surface area (Å²) in [5.74, 6) is 0.621. The molecule has 2 N–H and O–H groups in total. The van der Waals surface area contributed by atoms with Crippen LogP contribution in [0.3, 0.4) is 0 Å². The topological polar surface area (TPSA) is 68.2 Å². The second kappa shape index (κ2) is 7.77. The van der Waals surface area contributed by atoms with Crippen LogP contribution in [-0.2, 0) is 11.3 Å². The van der Waals surface area contributed by atoms with Crippen molar-refractivity contribution in [1.29, 1.82) is 0 Å². The van der Waals surface area contributed by atoms with Crippen molar-refractivity contribution in [3.63, 3.8) is 0 Å². The summed E-state index contributed by atoms with van der Waals surface area (Å²) in [5.41, 5.74) is 2.65. The van der Waals surface area contributed by atoms with Crippen LogP contribution >= 0.6 is 0 Å². The summed E-state index contributed by atoms with van der Waals surface area (Å²) in [6, 6.07) is 3.80. The smallest absolute Gasteiger partial charge is 0.251 e. The second-order valence-corrected chi connectivity index (χ2v) is 6.46. The van der Waals surface area contributed by atoms with Crippen molar-refractivity contribution in [2.45, 2.75) is 26.3 Å². The summed E-state index contributed by atoms with van der Waals surface area (Å²) < 4.78 is 7.01. The fraction of sp³-hybridized carbons (Fsp3) is 0.556. The number of hydrogen-bond donors (Lipinski definition) is 2. The summed E-state index contributed by atoms with van der Waals surface area (Å²) in [7, 11) is 1.63. The first kappa shape index (κ1) is 16.9. The lowest BCUT2D eigenvalue weighted by Gasteiger charge is -2.22. The summed E-state index contributed by atoms with van der Waals surface area (Å²) in [4.78, 5) is 12.3. The quantitative estimate of drug-likeness (QED) is 0.792. The van der Waals surface area contributed by atoms with E-state index in [-0.39, 0.29) is 5.91 Å². The number of nitrogens with one attached hydrogen (secondary N) is 2. The number of nitrogens with zero attached hydrogens (tertiary/aromatic N) is 2. The van der Waals surface area contributed by atoms with E-state index in [1.807, 2.05) is 23.7 Å². The number of carbonyl (C=O) groups is 1. The van der Waals surface area contributed by atoms with Gasteiger partial charge in [0.15, 0.2) is 0 Å². The SMILES string of the molecule is COCCNC(=O)c1ccc2nn(CC3CCNCC3)cc2c1C. The molecule has 0 unspecified atom stereocenters. The minimum absolute atomic E-state index is 0.0578. The summed E-state index contributed by atoms with van der Waals surface area (Å²) in [5, 5.41) is 12.0. The summed E-state index contributed by atoms with van der Waals surface area (Å²) in [6.07, 6.45) is 4.48. The Morgan fingerprint density at radius 3 is 2.96 bits per heavy atom. The van der Waals surface area contributed by atoms with Crippen molar-refractivity contribution < 1.29 is 9.53 Å². The predicted octanol–water partition coefficient (Wildman–Crippen LogP) is 1.72. The van der Waals surface area contributed by atoms with E-state index in [4.69, 9.17) is 4.74 Å². The zero-order valence-corrected chi connectivity index (χ0v) is 14.5. The van der Waals surface area contributed by atoms with Crippen molar-refractivity contribution in [2.75, 3.05) is 33.4 Å². The van der Waals surface area contributed by atoms with Gasteiger partial charge in [0.1, 0.15) is 0 Å². The van der Waals surface area contributed by atoms with Gasteiger partial charge in [0.25, 0.3) is 5.91 Å². The minimum Gasteiger partial charge on any atom is -0.383 e. The van der Waals surface area contributed by atoms with E-state index in [1.54, 1.807) is 7.11 Å². The van der Waals surface area contributed by atoms with Crippen LogP contribution in [-0.4, -0.2) is 49.0 Å². The molecule has 6 heteroatoms. The molecule has 2 heterocycles. The highest BCUT2D eigenvalue weighted by Crippen LogP contribution is 2.22. The molecule has 0 radical (unpaired) electrons. The van der Waals surface area contributed by atoms with Crippen molar-refractivity contribution in [1.82, 2.24) is 20.4 Å². The number of carbonyl (C=O) groups excluding carboxylic acids is 1. The Bertz CT molecular complexity index is 704. The molecule has 1 aliphatic heterocycles. The van der Waals surface area contributed by atoms with Crippen molar-refractivity contribution >= 4 is 16.8 Å². The Kier molecular flexibility index (Phi) is 5.48. The molecule has 0 bridgehead atoms. The first-order chi connectivity index (χ1) is 11.7. The van der Waals surface area contributed by atoms with Gasteiger partial charge in [0, 0.05) is 37.3 Å². The zero-order chi connectivity index (χ0) is 16.9. The normalized spacial score (nSPS) is 15.8. The third-order valence-electron chi connectivity index (χ3n) is 4.75. The number of aryl methyl sites for hydroxylation is 1. The Hall–Kier alpha value is -1.92. The molecule has 0 spiro atoms. The molecule has 1 aromatic carbocycles. The van der Waals surface area contributed by atoms with Crippen LogP contribution in [0.2, 0.25) is 0 Å². The molecule has 130 valence electrons. The number of aromatic nitrogens is 2. The van der Waals surface area contributed by atoms with E-state index in [0.29, 0.717) is 24.6 Å². The fourth-order valence-electron chi connectivity index (χ4n) is 3.31. The molecule has 0 aliphatic carbocycles. The average Bonchev–Trinajstić information content (AvgIpc) is 3.00. The highest BCUT2D eigenvalue weighted by Gasteiger charge is 2.16. The summed E-state index contributed by atoms with van der Waals surface area (Å²) in [6.45, 7) is 6.16. The van der Waals surface area contributed by atoms with Crippen LogP contribution < -0.4 is 10.6 Å². The van der Waals surface area contributed by atoms with Crippen molar-refractivity contribution in [2.24, 2.45) is 5.92 Å². The Morgan fingerprint density at radius 1 is 1.42 bits per heavy atom. The highest BCUT2D eigenvalue weighted by molar-refractivity contribution is 6.00. The van der Waals surface area contributed by atoms with Crippen LogP contribution in [0.4, 0.5) is 0 Å². The van der Waals surface area contributed by atoms with Crippen molar-refractivity contribution in [3.8, 4) is 0 Å². The Labute approximate surface area is 142 Å². The number of amides is 1. The Morgan fingerprint density at radius 2 is 2.21 bits per heavy atom. The van der Waals surface area contributed by atoms with E-state index in [2.05, 4.69) is 21.9 Å². The maximum absolute atomic E-state index is 12.3. The van der Waals surface area contributed by atoms with E-state index in [9.17, 15) is 4.79 Å². The van der Waals surface area contributed by atoms with Gasteiger partial charge in [-0.3, -0.25) is 9.48 Å². The molecule has 1 aliphatic rings. The predicted molar refractivity (Wildman–Crippen MR) is 94.3 cm³/mol. The lowest BCUT2D eigenvalue weighted by atomic mass is 9.98. The monoisotopic (exact) mass is 330 g/mol. The molecule has 0 saturated carbocycles. The molecular weight excluding hydrogens is 304 g/mol. The molecule has 1 amide bonds. The third-order valence-corrected chi connectivity index (χ3v) is 4.75. The van der Waals surface area contributed by atoms with Gasteiger partial charge < -0.3 is 15.4 Å². The molecule has 1 aromatic heterocycles. The molecule has 1 saturated heterocycles. The maximum atomic E-state index is 12.3. The van der Waals surface area contributed by atoms with Gasteiger partial charge in [-0.05, 0) is 56.5 Å². The number of piperidine rings is 1. The van der Waals surface area contributed by atoms with Gasteiger partial charge >= 0.3 is 0 Å². The molecule has 1 fully saturated rings. The molecule has 6 nitrogen and oxygen atoms in total. The van der Waals surface area contributed by atoms with Gasteiger partial charge in [0.05, 0.1) is 12.1 Å². The highest BCUT2D eigenvalue weighted by atomic mass is 16.5. The van der Waals surface area contributed by atoms with Gasteiger partial charge in [-0.2, -0.15) is 5.10 Å².